The molecule has 0 aliphatic heterocycles. The fourth-order valence-corrected chi connectivity index (χ4v) is 0.298. The van der Waals surface area contributed by atoms with Crippen molar-refractivity contribution in [3.05, 3.63) is 12.2 Å². The van der Waals surface area contributed by atoms with Gasteiger partial charge in [-0.25, -0.2) is 0 Å². The van der Waals surface area contributed by atoms with Gasteiger partial charge in [-0.3, -0.25) is 0 Å². The highest BCUT2D eigenvalue weighted by Gasteiger charge is 1.61. The Hall–Kier alpha value is 0.0500. The lowest BCUT2D eigenvalue weighted by molar-refractivity contribution is 0.342. The van der Waals surface area contributed by atoms with Crippen LogP contribution in [0.3, 0.4) is 0 Å². The first kappa shape index (κ1) is 6.05. The fraction of sp³-hybridized carbons (Fsp3) is 0.500. The molecule has 0 aromatic carbocycles. The molecule has 0 spiro atoms. The minimum absolute atomic E-state index is 0.126. The maximum Gasteiger partial charge on any atom is 0.0612 e. The van der Waals surface area contributed by atoms with Gasteiger partial charge in [0.25, 0.3) is 0 Å². The number of rotatable bonds is 2. The number of hydrogen-bond donors (Lipinski definition) is 2. The zero-order chi connectivity index (χ0) is 4.83. The van der Waals surface area contributed by atoms with E-state index in [2.05, 4.69) is 12.6 Å². The second-order valence-electron chi connectivity index (χ2n) is 0.837. The topological polar surface area (TPSA) is 20.2 Å². The minimum Gasteiger partial charge on any atom is -0.392 e. The van der Waals surface area contributed by atoms with Crippen molar-refractivity contribution in [1.29, 1.82) is 0 Å². The largest absolute Gasteiger partial charge is 0.392 e. The molecule has 0 aliphatic carbocycles. The Kier molecular flexibility index (Phi) is 5.09. The van der Waals surface area contributed by atoms with Crippen molar-refractivity contribution in [2.24, 2.45) is 0 Å². The van der Waals surface area contributed by atoms with E-state index in [4.69, 9.17) is 5.11 Å². The summed E-state index contributed by atoms with van der Waals surface area (Å²) in [5, 5.41) is 8.08. The summed E-state index contributed by atoms with van der Waals surface area (Å²) >= 11 is 3.86. The van der Waals surface area contributed by atoms with Crippen LogP contribution in [0.2, 0.25) is 0 Å². The summed E-state index contributed by atoms with van der Waals surface area (Å²) in [5.74, 6) is 0.709. The van der Waals surface area contributed by atoms with Gasteiger partial charge in [-0.2, -0.15) is 12.6 Å². The molecule has 0 rings (SSSR count). The van der Waals surface area contributed by atoms with Crippen LogP contribution in [0.1, 0.15) is 0 Å². The first-order chi connectivity index (χ1) is 2.91. The summed E-state index contributed by atoms with van der Waals surface area (Å²) in [4.78, 5) is 0. The molecule has 0 bridgehead atoms. The van der Waals surface area contributed by atoms with Crippen LogP contribution in [0.25, 0.3) is 0 Å². The summed E-state index contributed by atoms with van der Waals surface area (Å²) < 4.78 is 0. The summed E-state index contributed by atoms with van der Waals surface area (Å²) in [6, 6.07) is 0. The second-order valence-corrected chi connectivity index (χ2v) is 1.20. The predicted octanol–water partition coefficient (Wildman–Crippen LogP) is 0.465. The highest BCUT2D eigenvalue weighted by Crippen LogP contribution is 1.73. The van der Waals surface area contributed by atoms with E-state index >= 15 is 0 Å². The SMILES string of the molecule is OCC=CCS. The molecule has 0 aromatic rings. The first-order valence-electron chi connectivity index (χ1n) is 1.78. The fourth-order valence-electron chi connectivity index (χ4n) is 0.149. The third-order valence-electron chi connectivity index (χ3n) is 0.377. The Morgan fingerprint density at radius 3 is 2.33 bits per heavy atom. The van der Waals surface area contributed by atoms with Crippen LogP contribution < -0.4 is 0 Å². The normalized spacial score (nSPS) is 10.3. The van der Waals surface area contributed by atoms with Crippen LogP contribution >= 0.6 is 12.6 Å². The monoisotopic (exact) mass is 104 g/mol. The summed E-state index contributed by atoms with van der Waals surface area (Å²) in [6.07, 6.45) is 3.45. The average Bonchev–Trinajstić information content (AvgIpc) is 1.61. The van der Waals surface area contributed by atoms with E-state index in [9.17, 15) is 0 Å². The molecule has 0 aromatic heterocycles. The molecule has 0 fully saturated rings. The maximum absolute atomic E-state index is 8.08. The van der Waals surface area contributed by atoms with E-state index in [-0.39, 0.29) is 6.61 Å². The highest BCUT2D eigenvalue weighted by molar-refractivity contribution is 7.80. The van der Waals surface area contributed by atoms with E-state index in [0.29, 0.717) is 5.75 Å². The van der Waals surface area contributed by atoms with E-state index in [1.807, 2.05) is 0 Å². The lowest BCUT2D eigenvalue weighted by Gasteiger charge is -1.72. The van der Waals surface area contributed by atoms with Gasteiger partial charge >= 0.3 is 0 Å². The molecule has 36 valence electrons. The number of thiol groups is 1. The molecule has 0 saturated heterocycles. The highest BCUT2D eigenvalue weighted by atomic mass is 32.1. The van der Waals surface area contributed by atoms with E-state index in [1.165, 1.54) is 0 Å². The molecule has 0 heterocycles. The van der Waals surface area contributed by atoms with Crippen LogP contribution in [0.4, 0.5) is 0 Å². The Balaban J connectivity index is 2.73. The lowest BCUT2D eigenvalue weighted by Crippen LogP contribution is -1.69. The van der Waals surface area contributed by atoms with Crippen LogP contribution in [0, 0.1) is 0 Å². The molecular formula is C4H8OS. The number of aliphatic hydroxyl groups excluding tert-OH is 1. The Bertz CT molecular complexity index is 36.8. The van der Waals surface area contributed by atoms with Gasteiger partial charge < -0.3 is 5.11 Å². The van der Waals surface area contributed by atoms with Crippen molar-refractivity contribution < 1.29 is 5.11 Å². The minimum atomic E-state index is 0.126. The summed E-state index contributed by atoms with van der Waals surface area (Å²) in [7, 11) is 0. The van der Waals surface area contributed by atoms with Crippen LogP contribution in [0.5, 0.6) is 0 Å². The Morgan fingerprint density at radius 1 is 1.50 bits per heavy atom. The molecular weight excluding hydrogens is 96.1 g/mol. The Morgan fingerprint density at radius 2 is 2.17 bits per heavy atom. The van der Waals surface area contributed by atoms with Gasteiger partial charge in [-0.05, 0) is 0 Å². The summed E-state index contributed by atoms with van der Waals surface area (Å²) in [6.45, 7) is 0.126. The third-order valence-corrected chi connectivity index (χ3v) is 0.588. The molecule has 0 amide bonds. The van der Waals surface area contributed by atoms with Gasteiger partial charge in [-0.15, -0.1) is 0 Å². The van der Waals surface area contributed by atoms with Crippen molar-refractivity contribution in [1.82, 2.24) is 0 Å². The molecule has 6 heavy (non-hydrogen) atoms. The third kappa shape index (κ3) is 4.05. The molecule has 1 N–H and O–H groups in total. The van der Waals surface area contributed by atoms with Gasteiger partial charge in [-0.1, -0.05) is 12.2 Å². The summed E-state index contributed by atoms with van der Waals surface area (Å²) in [5.41, 5.74) is 0. The van der Waals surface area contributed by atoms with Crippen molar-refractivity contribution in [3.8, 4) is 0 Å². The predicted molar refractivity (Wildman–Crippen MR) is 30.1 cm³/mol. The van der Waals surface area contributed by atoms with Gasteiger partial charge in [0.2, 0.25) is 0 Å². The standard InChI is InChI=1S/C4H8OS/c5-3-1-2-4-6/h1-2,5-6H,3-4H2. The lowest BCUT2D eigenvalue weighted by atomic mass is 10.6. The number of hydrogen-bond acceptors (Lipinski definition) is 2. The zero-order valence-electron chi connectivity index (χ0n) is 3.46. The molecule has 2 heteroatoms. The molecule has 0 atom stereocenters. The maximum atomic E-state index is 8.08. The molecule has 1 nitrogen and oxygen atoms in total. The second kappa shape index (κ2) is 5.05. The van der Waals surface area contributed by atoms with Crippen molar-refractivity contribution in [2.45, 2.75) is 0 Å². The quantitative estimate of drug-likeness (QED) is 0.385. The molecule has 0 unspecified atom stereocenters. The van der Waals surface area contributed by atoms with Gasteiger partial charge in [0, 0.05) is 5.75 Å². The zero-order valence-corrected chi connectivity index (χ0v) is 4.36. The van der Waals surface area contributed by atoms with Crippen LogP contribution in [-0.2, 0) is 0 Å². The molecule has 0 aliphatic rings. The molecule has 0 saturated carbocycles. The van der Waals surface area contributed by atoms with E-state index < -0.39 is 0 Å². The van der Waals surface area contributed by atoms with Crippen molar-refractivity contribution in [2.75, 3.05) is 12.4 Å². The van der Waals surface area contributed by atoms with E-state index in [0.717, 1.165) is 0 Å². The van der Waals surface area contributed by atoms with Crippen molar-refractivity contribution >= 4 is 12.6 Å². The first-order valence-corrected chi connectivity index (χ1v) is 2.41. The van der Waals surface area contributed by atoms with Crippen molar-refractivity contribution in [3.63, 3.8) is 0 Å². The number of aliphatic hydroxyl groups is 1. The van der Waals surface area contributed by atoms with Gasteiger partial charge in [0.05, 0.1) is 6.61 Å². The van der Waals surface area contributed by atoms with Gasteiger partial charge in [0.1, 0.15) is 0 Å². The Labute approximate surface area is 43.1 Å². The van der Waals surface area contributed by atoms with Gasteiger partial charge in [0.15, 0.2) is 0 Å². The molecule has 0 radical (unpaired) electrons. The average molecular weight is 104 g/mol. The van der Waals surface area contributed by atoms with Crippen LogP contribution in [0.15, 0.2) is 12.2 Å². The van der Waals surface area contributed by atoms with E-state index in [1.54, 1.807) is 12.2 Å². The van der Waals surface area contributed by atoms with Crippen LogP contribution in [-0.4, -0.2) is 17.5 Å². The smallest absolute Gasteiger partial charge is 0.0612 e.